The molecule has 2 N–H and O–H groups in total. The summed E-state index contributed by atoms with van der Waals surface area (Å²) in [5.41, 5.74) is -0.993. The van der Waals surface area contributed by atoms with Gasteiger partial charge in [-0.1, -0.05) is 66.7 Å². The van der Waals surface area contributed by atoms with Gasteiger partial charge >= 0.3 is 11.4 Å². The molecule has 0 amide bonds. The summed E-state index contributed by atoms with van der Waals surface area (Å²) < 4.78 is 39.3. The molecule has 0 radical (unpaired) electrons. The summed E-state index contributed by atoms with van der Waals surface area (Å²) in [4.78, 5) is 57.1. The molecule has 0 bridgehead atoms. The Kier molecular flexibility index (Phi) is 12.8. The van der Waals surface area contributed by atoms with Gasteiger partial charge in [-0.2, -0.15) is 5.26 Å². The highest BCUT2D eigenvalue weighted by atomic mass is 31.2. The van der Waals surface area contributed by atoms with Crippen LogP contribution in [0, 0.1) is 25.2 Å². The zero-order valence-corrected chi connectivity index (χ0v) is 35.3. The van der Waals surface area contributed by atoms with E-state index in [-0.39, 0.29) is 38.1 Å². The van der Waals surface area contributed by atoms with Crippen molar-refractivity contribution in [2.75, 3.05) is 6.61 Å². The van der Waals surface area contributed by atoms with Crippen LogP contribution in [0.2, 0.25) is 0 Å². The van der Waals surface area contributed by atoms with Gasteiger partial charge < -0.3 is 23.3 Å². The van der Waals surface area contributed by atoms with Crippen LogP contribution in [0.25, 0.3) is 0 Å². The number of para-hydroxylation sites is 2. The molecule has 0 saturated carbocycles. The van der Waals surface area contributed by atoms with Gasteiger partial charge in [-0.3, -0.25) is 28.7 Å². The molecule has 4 heterocycles. The number of aromatic amines is 2. The fourth-order valence-electron chi connectivity index (χ4n) is 8.00. The normalized spacial score (nSPS) is 19.1. The molecule has 314 valence electrons. The second-order valence-electron chi connectivity index (χ2n) is 15.5. The third kappa shape index (κ3) is 8.45. The number of ether oxygens (including phenoxy) is 3. The van der Waals surface area contributed by atoms with E-state index in [1.54, 1.807) is 13.8 Å². The minimum absolute atomic E-state index is 0.0365. The molecule has 0 spiro atoms. The van der Waals surface area contributed by atoms with Crippen LogP contribution in [0.4, 0.5) is 0 Å². The standard InChI is InChI=1S/C44H49N6O9P/c1-27(2)50(28(3)4)60(55-22-14-21-45)59-36-23-38(49-25-30(6)41(52)47-43(49)54)57-39(36)37(26-48-24-29(5)40(51)46-42(48)53)58-44(31-15-8-7-9-16-31)32-17-10-12-19-34(32)56-35-20-13-11-18-33(35)44/h7-13,15-20,24-25,27-28,36-39H,14,22-23,26H2,1-6H3,(H,46,51,53)(H,47,52,54)/t36-,37-,38+,39-,60?/m0/s1. The predicted octanol–water partition coefficient (Wildman–Crippen LogP) is 6.14. The Balaban J connectivity index is 1.45. The average Bonchev–Trinajstić information content (AvgIpc) is 3.64. The van der Waals surface area contributed by atoms with Gasteiger partial charge in [0.2, 0.25) is 0 Å². The van der Waals surface area contributed by atoms with Gasteiger partial charge in [0.05, 0.1) is 31.7 Å². The Morgan fingerprint density at radius 1 is 0.850 bits per heavy atom. The van der Waals surface area contributed by atoms with Gasteiger partial charge in [0.1, 0.15) is 29.9 Å². The van der Waals surface area contributed by atoms with Crippen LogP contribution in [0.1, 0.15) is 74.6 Å². The molecule has 5 aromatic rings. The number of benzene rings is 3. The highest BCUT2D eigenvalue weighted by Crippen LogP contribution is 2.55. The number of hydrogen-bond acceptors (Lipinski definition) is 11. The Morgan fingerprint density at radius 2 is 1.43 bits per heavy atom. The minimum Gasteiger partial charge on any atom is -0.457 e. The molecule has 15 nitrogen and oxygen atoms in total. The number of hydrogen-bond donors (Lipinski definition) is 2. The van der Waals surface area contributed by atoms with Gasteiger partial charge in [-0.05, 0) is 59.2 Å². The van der Waals surface area contributed by atoms with E-state index in [1.807, 2.05) is 107 Å². The number of aromatic nitrogens is 4. The lowest BCUT2D eigenvalue weighted by atomic mass is 9.77. The average molecular weight is 837 g/mol. The molecule has 2 aliphatic rings. The van der Waals surface area contributed by atoms with Crippen molar-refractivity contribution >= 4 is 8.53 Å². The number of fused-ring (bicyclic) bond motifs is 2. The Morgan fingerprint density at radius 3 is 2.05 bits per heavy atom. The molecular weight excluding hydrogens is 787 g/mol. The zero-order valence-electron chi connectivity index (χ0n) is 34.4. The molecule has 7 rings (SSSR count). The third-order valence-electron chi connectivity index (χ3n) is 10.7. The smallest absolute Gasteiger partial charge is 0.330 e. The summed E-state index contributed by atoms with van der Waals surface area (Å²) >= 11 is 0. The first kappa shape index (κ1) is 42.7. The topological polar surface area (TPSA) is 183 Å². The second-order valence-corrected chi connectivity index (χ2v) is 16.9. The van der Waals surface area contributed by atoms with Crippen molar-refractivity contribution in [3.8, 4) is 17.6 Å². The number of rotatable bonds is 15. The van der Waals surface area contributed by atoms with Crippen molar-refractivity contribution in [3.63, 3.8) is 0 Å². The summed E-state index contributed by atoms with van der Waals surface area (Å²) in [6.45, 7) is 11.3. The summed E-state index contributed by atoms with van der Waals surface area (Å²) in [6.07, 6.45) is -0.744. The lowest BCUT2D eigenvalue weighted by Gasteiger charge is -2.44. The van der Waals surface area contributed by atoms with E-state index in [0.29, 0.717) is 33.8 Å². The molecule has 3 aromatic carbocycles. The lowest BCUT2D eigenvalue weighted by molar-refractivity contribution is -0.149. The van der Waals surface area contributed by atoms with Crippen molar-refractivity contribution in [3.05, 3.63) is 161 Å². The molecule has 16 heteroatoms. The number of nitrogens with one attached hydrogen (secondary N) is 2. The molecule has 1 fully saturated rings. The van der Waals surface area contributed by atoms with Gasteiger partial charge in [0.15, 0.2) is 5.60 Å². The van der Waals surface area contributed by atoms with Crippen molar-refractivity contribution in [1.29, 1.82) is 5.26 Å². The molecule has 2 aromatic heterocycles. The number of nitriles is 1. The van der Waals surface area contributed by atoms with Crippen LogP contribution in [0.15, 0.2) is 110 Å². The molecule has 2 aliphatic heterocycles. The van der Waals surface area contributed by atoms with E-state index < -0.39 is 61.2 Å². The zero-order chi connectivity index (χ0) is 42.7. The lowest BCUT2D eigenvalue weighted by Crippen LogP contribution is -2.49. The second kappa shape index (κ2) is 18.0. The fourth-order valence-corrected chi connectivity index (χ4v) is 9.74. The predicted molar refractivity (Wildman–Crippen MR) is 225 cm³/mol. The largest absolute Gasteiger partial charge is 0.457 e. The van der Waals surface area contributed by atoms with E-state index in [1.165, 1.54) is 21.5 Å². The summed E-state index contributed by atoms with van der Waals surface area (Å²) in [6, 6.07) is 26.9. The maximum atomic E-state index is 13.7. The third-order valence-corrected chi connectivity index (χ3v) is 12.8. The molecule has 0 aliphatic carbocycles. The quantitative estimate of drug-likeness (QED) is 0.0914. The van der Waals surface area contributed by atoms with Crippen LogP contribution < -0.4 is 27.2 Å². The van der Waals surface area contributed by atoms with Crippen LogP contribution in [0.5, 0.6) is 11.5 Å². The van der Waals surface area contributed by atoms with E-state index in [2.05, 4.69) is 20.7 Å². The Labute approximate surface area is 348 Å². The van der Waals surface area contributed by atoms with Crippen molar-refractivity contribution in [2.24, 2.45) is 0 Å². The first-order valence-corrected chi connectivity index (χ1v) is 21.1. The van der Waals surface area contributed by atoms with E-state index in [9.17, 15) is 24.4 Å². The summed E-state index contributed by atoms with van der Waals surface area (Å²) in [5, 5.41) is 9.45. The van der Waals surface area contributed by atoms with Crippen LogP contribution in [-0.4, -0.2) is 60.8 Å². The summed E-state index contributed by atoms with van der Waals surface area (Å²) in [7, 11) is -1.85. The number of aryl methyl sites for hydroxylation is 2. The van der Waals surface area contributed by atoms with Crippen molar-refractivity contribution in [1.82, 2.24) is 23.8 Å². The van der Waals surface area contributed by atoms with Crippen molar-refractivity contribution in [2.45, 2.75) is 103 Å². The van der Waals surface area contributed by atoms with E-state index >= 15 is 0 Å². The molecule has 60 heavy (non-hydrogen) atoms. The van der Waals surface area contributed by atoms with E-state index in [0.717, 1.165) is 5.56 Å². The monoisotopic (exact) mass is 836 g/mol. The minimum atomic E-state index is -1.85. The van der Waals surface area contributed by atoms with Gasteiger partial charge in [-0.15, -0.1) is 0 Å². The van der Waals surface area contributed by atoms with Gasteiger partial charge in [0, 0.05) is 53.2 Å². The van der Waals surface area contributed by atoms with Crippen LogP contribution in [0.3, 0.4) is 0 Å². The molecule has 1 saturated heterocycles. The van der Waals surface area contributed by atoms with Gasteiger partial charge in [0.25, 0.3) is 19.6 Å². The molecular formula is C44H49N6O9P. The van der Waals surface area contributed by atoms with Crippen LogP contribution in [-0.2, 0) is 30.7 Å². The Bertz CT molecular complexity index is 2540. The SMILES string of the molecule is Cc1cn(C[C@H](OC2(c3ccccc3)c3ccccc3Oc3ccccc32)[C@H]2O[C@@H](n3cc(C)c(=O)[nH]c3=O)C[C@@H]2OP(OCCC#N)N(C(C)C)C(C)C)c(=O)[nH]c1=O. The molecule has 1 unspecified atom stereocenters. The first-order valence-electron chi connectivity index (χ1n) is 20.0. The maximum absolute atomic E-state index is 13.7. The fraction of sp³-hybridized carbons (Fsp3) is 0.386. The Hall–Kier alpha value is -5.46. The van der Waals surface area contributed by atoms with E-state index in [4.69, 9.17) is 23.3 Å². The summed E-state index contributed by atoms with van der Waals surface area (Å²) in [5.74, 6) is 1.12. The van der Waals surface area contributed by atoms with Gasteiger partial charge in [-0.25, -0.2) is 14.3 Å². The number of H-pyrrole nitrogens is 2. The van der Waals surface area contributed by atoms with Crippen LogP contribution >= 0.6 is 8.53 Å². The number of nitrogens with zero attached hydrogens (tertiary/aromatic N) is 4. The molecule has 5 atom stereocenters. The highest BCUT2D eigenvalue weighted by Gasteiger charge is 2.52. The highest BCUT2D eigenvalue weighted by molar-refractivity contribution is 7.44. The maximum Gasteiger partial charge on any atom is 0.330 e. The van der Waals surface area contributed by atoms with Crippen molar-refractivity contribution < 1.29 is 23.3 Å². The first-order chi connectivity index (χ1) is 28.8.